The first-order valence-electron chi connectivity index (χ1n) is 8.31. The highest BCUT2D eigenvalue weighted by molar-refractivity contribution is 14.1. The van der Waals surface area contributed by atoms with E-state index in [-0.39, 0.29) is 25.3 Å². The van der Waals surface area contributed by atoms with Crippen molar-refractivity contribution in [2.45, 2.75) is 13.0 Å². The molecule has 8 heteroatoms. The first-order chi connectivity index (χ1) is 13.0. The second kappa shape index (κ2) is 8.38. The zero-order valence-corrected chi connectivity index (χ0v) is 16.8. The quantitative estimate of drug-likeness (QED) is 0.435. The third-order valence-corrected chi connectivity index (χ3v) is 5.04. The van der Waals surface area contributed by atoms with Gasteiger partial charge in [0.05, 0.1) is 23.1 Å². The van der Waals surface area contributed by atoms with Crippen molar-refractivity contribution >= 4 is 51.2 Å². The Bertz CT molecular complexity index is 1050. The molecule has 0 saturated carbocycles. The Labute approximate surface area is 169 Å². The van der Waals surface area contributed by atoms with E-state index in [0.29, 0.717) is 5.69 Å². The molecule has 0 saturated heterocycles. The highest BCUT2D eigenvalue weighted by Gasteiger charge is 2.13. The number of benzene rings is 2. The van der Waals surface area contributed by atoms with E-state index in [9.17, 15) is 14.4 Å². The Kier molecular flexibility index (Phi) is 5.94. The summed E-state index contributed by atoms with van der Waals surface area (Å²) in [6.07, 6.45) is 0.00403. The van der Waals surface area contributed by atoms with Crippen LogP contribution in [0.5, 0.6) is 0 Å². The molecule has 3 rings (SSSR count). The first kappa shape index (κ1) is 19.2. The normalized spacial score (nSPS) is 10.7. The molecule has 1 aromatic heterocycles. The number of fused-ring (bicyclic) bond motifs is 1. The maximum atomic E-state index is 12.3. The summed E-state index contributed by atoms with van der Waals surface area (Å²) < 4.78 is 8.98. The predicted molar refractivity (Wildman–Crippen MR) is 111 cm³/mol. The molecule has 0 spiro atoms. The smallest absolute Gasteiger partial charge is 0.328 e. The molecule has 0 fully saturated rings. The van der Waals surface area contributed by atoms with Gasteiger partial charge in [-0.1, -0.05) is 24.3 Å². The number of imidazole rings is 1. The molecule has 3 aromatic rings. The predicted octanol–water partition coefficient (Wildman–Crippen LogP) is 2.52. The van der Waals surface area contributed by atoms with Crippen molar-refractivity contribution in [1.29, 1.82) is 0 Å². The van der Waals surface area contributed by atoms with Gasteiger partial charge in [0, 0.05) is 17.2 Å². The summed E-state index contributed by atoms with van der Waals surface area (Å²) in [7, 11) is 1.69. The van der Waals surface area contributed by atoms with Gasteiger partial charge in [-0.2, -0.15) is 0 Å². The number of esters is 1. The summed E-state index contributed by atoms with van der Waals surface area (Å²) in [5, 5.41) is 2.69. The molecule has 0 radical (unpaired) electrons. The van der Waals surface area contributed by atoms with Gasteiger partial charge in [-0.05, 0) is 46.9 Å². The Morgan fingerprint density at radius 3 is 2.48 bits per heavy atom. The van der Waals surface area contributed by atoms with E-state index >= 15 is 0 Å². The lowest BCUT2D eigenvalue weighted by Crippen LogP contribution is -2.25. The van der Waals surface area contributed by atoms with Crippen LogP contribution in [0.25, 0.3) is 11.0 Å². The Morgan fingerprint density at radius 1 is 1.07 bits per heavy atom. The van der Waals surface area contributed by atoms with Crippen LogP contribution in [0.15, 0.2) is 53.3 Å². The standard InChI is InChI=1S/C19H18IN3O4/c1-22-15-8-4-5-9-16(15)23(19(22)26)11-10-18(25)27-12-17(24)21-14-7-3-2-6-13(14)20/h2-9H,10-12H2,1H3,(H,21,24). The van der Waals surface area contributed by atoms with E-state index in [4.69, 9.17) is 4.74 Å². The van der Waals surface area contributed by atoms with Gasteiger partial charge in [0.25, 0.3) is 5.91 Å². The number of nitrogens with zero attached hydrogens (tertiary/aromatic N) is 2. The number of rotatable bonds is 6. The summed E-state index contributed by atoms with van der Waals surface area (Å²) in [5.41, 5.74) is 2.03. The number of carbonyl (C=O) groups is 2. The van der Waals surface area contributed by atoms with Crippen LogP contribution in [0.2, 0.25) is 0 Å². The van der Waals surface area contributed by atoms with Crippen molar-refractivity contribution in [3.05, 3.63) is 62.6 Å². The van der Waals surface area contributed by atoms with Gasteiger partial charge in [-0.25, -0.2) is 4.79 Å². The summed E-state index contributed by atoms with van der Waals surface area (Å²) in [4.78, 5) is 36.2. The second-order valence-electron chi connectivity index (χ2n) is 5.92. The molecule has 0 unspecified atom stereocenters. The van der Waals surface area contributed by atoms with E-state index in [1.807, 2.05) is 42.5 Å². The molecule has 0 aliphatic rings. The average Bonchev–Trinajstić information content (AvgIpc) is 2.91. The van der Waals surface area contributed by atoms with E-state index < -0.39 is 11.9 Å². The van der Waals surface area contributed by atoms with Crippen molar-refractivity contribution in [1.82, 2.24) is 9.13 Å². The SMILES string of the molecule is Cn1c(=O)n(CCC(=O)OCC(=O)Nc2ccccc2I)c2ccccc21. The van der Waals surface area contributed by atoms with Crippen LogP contribution >= 0.6 is 22.6 Å². The van der Waals surface area contributed by atoms with E-state index in [0.717, 1.165) is 14.6 Å². The number of para-hydroxylation sites is 3. The number of carbonyl (C=O) groups excluding carboxylic acids is 2. The van der Waals surface area contributed by atoms with Gasteiger partial charge < -0.3 is 10.1 Å². The van der Waals surface area contributed by atoms with Gasteiger partial charge in [0.2, 0.25) is 0 Å². The van der Waals surface area contributed by atoms with Crippen LogP contribution in [0.3, 0.4) is 0 Å². The van der Waals surface area contributed by atoms with Gasteiger partial charge in [0.1, 0.15) is 0 Å². The molecule has 1 heterocycles. The van der Waals surface area contributed by atoms with E-state index in [1.54, 1.807) is 13.1 Å². The number of hydrogen-bond acceptors (Lipinski definition) is 4. The number of halogens is 1. The molecule has 0 bridgehead atoms. The molecule has 7 nitrogen and oxygen atoms in total. The summed E-state index contributed by atoms with van der Waals surface area (Å²) >= 11 is 2.11. The topological polar surface area (TPSA) is 82.3 Å². The van der Waals surface area contributed by atoms with Crippen LogP contribution in [0.1, 0.15) is 6.42 Å². The fourth-order valence-electron chi connectivity index (χ4n) is 2.75. The van der Waals surface area contributed by atoms with Gasteiger partial charge in [-0.15, -0.1) is 0 Å². The van der Waals surface area contributed by atoms with Crippen LogP contribution in [-0.2, 0) is 27.9 Å². The van der Waals surface area contributed by atoms with Crippen molar-refractivity contribution in [3.8, 4) is 0 Å². The summed E-state index contributed by atoms with van der Waals surface area (Å²) in [6, 6.07) is 14.7. The zero-order valence-electron chi connectivity index (χ0n) is 14.6. The zero-order chi connectivity index (χ0) is 19.4. The average molecular weight is 479 g/mol. The Morgan fingerprint density at radius 2 is 1.74 bits per heavy atom. The third-order valence-electron chi connectivity index (χ3n) is 4.10. The molecule has 2 aromatic carbocycles. The number of nitrogens with one attached hydrogen (secondary N) is 1. The molecular formula is C19H18IN3O4. The maximum absolute atomic E-state index is 12.3. The van der Waals surface area contributed by atoms with E-state index in [1.165, 1.54) is 9.13 Å². The molecular weight excluding hydrogens is 461 g/mol. The minimum atomic E-state index is -0.534. The highest BCUT2D eigenvalue weighted by Crippen LogP contribution is 2.16. The minimum absolute atomic E-state index is 0.00403. The Balaban J connectivity index is 1.55. The van der Waals surface area contributed by atoms with E-state index in [2.05, 4.69) is 27.9 Å². The third kappa shape index (κ3) is 4.38. The fourth-order valence-corrected chi connectivity index (χ4v) is 3.27. The molecule has 140 valence electrons. The fraction of sp³-hybridized carbons (Fsp3) is 0.211. The molecule has 1 N–H and O–H groups in total. The molecule has 0 atom stereocenters. The maximum Gasteiger partial charge on any atom is 0.328 e. The van der Waals surface area contributed by atoms with Crippen LogP contribution in [0.4, 0.5) is 5.69 Å². The highest BCUT2D eigenvalue weighted by atomic mass is 127. The monoisotopic (exact) mass is 479 g/mol. The molecule has 27 heavy (non-hydrogen) atoms. The van der Waals surface area contributed by atoms with Crippen molar-refractivity contribution in [2.75, 3.05) is 11.9 Å². The minimum Gasteiger partial charge on any atom is -0.456 e. The van der Waals surface area contributed by atoms with Gasteiger partial charge in [0.15, 0.2) is 6.61 Å². The van der Waals surface area contributed by atoms with Crippen molar-refractivity contribution in [3.63, 3.8) is 0 Å². The second-order valence-corrected chi connectivity index (χ2v) is 7.08. The lowest BCUT2D eigenvalue weighted by atomic mass is 10.3. The number of amides is 1. The van der Waals surface area contributed by atoms with Crippen molar-refractivity contribution < 1.29 is 14.3 Å². The number of ether oxygens (including phenoxy) is 1. The van der Waals surface area contributed by atoms with Crippen LogP contribution in [-0.4, -0.2) is 27.6 Å². The van der Waals surface area contributed by atoms with Crippen LogP contribution in [0, 0.1) is 3.57 Å². The number of hydrogen-bond donors (Lipinski definition) is 1. The first-order valence-corrected chi connectivity index (χ1v) is 9.39. The van der Waals surface area contributed by atoms with Crippen molar-refractivity contribution in [2.24, 2.45) is 7.05 Å². The lowest BCUT2D eigenvalue weighted by molar-refractivity contribution is -0.147. The molecule has 0 aliphatic heterocycles. The number of aryl methyl sites for hydroxylation is 2. The Hall–Kier alpha value is -2.62. The summed E-state index contributed by atoms with van der Waals surface area (Å²) in [6.45, 7) is -0.175. The number of aromatic nitrogens is 2. The molecule has 1 amide bonds. The lowest BCUT2D eigenvalue weighted by Gasteiger charge is -2.08. The van der Waals surface area contributed by atoms with Gasteiger partial charge >= 0.3 is 11.7 Å². The molecule has 0 aliphatic carbocycles. The summed E-state index contributed by atoms with van der Waals surface area (Å²) in [5.74, 6) is -0.942. The van der Waals surface area contributed by atoms with Gasteiger partial charge in [-0.3, -0.25) is 18.7 Å². The largest absolute Gasteiger partial charge is 0.456 e. The number of anilines is 1. The van der Waals surface area contributed by atoms with Crippen LogP contribution < -0.4 is 11.0 Å².